The Morgan fingerprint density at radius 1 is 1.41 bits per heavy atom. The molecule has 0 radical (unpaired) electrons. The van der Waals surface area contributed by atoms with E-state index in [2.05, 4.69) is 21.1 Å². The van der Waals surface area contributed by atoms with Gasteiger partial charge in [0.1, 0.15) is 11.5 Å². The number of hydrogen-bond acceptors (Lipinski definition) is 4. The number of thiophene rings is 1. The van der Waals surface area contributed by atoms with E-state index in [4.69, 9.17) is 4.74 Å². The van der Waals surface area contributed by atoms with Crippen LogP contribution in [0.5, 0.6) is 5.75 Å². The van der Waals surface area contributed by atoms with Crippen LogP contribution in [0.4, 0.5) is 0 Å². The summed E-state index contributed by atoms with van der Waals surface area (Å²) < 4.78 is 6.07. The van der Waals surface area contributed by atoms with Crippen molar-refractivity contribution in [3.63, 3.8) is 0 Å². The first-order valence-electron chi connectivity index (χ1n) is 4.86. The van der Waals surface area contributed by atoms with Gasteiger partial charge in [0.05, 0.1) is 12.0 Å². The molecule has 0 bridgehead atoms. The fourth-order valence-electron chi connectivity index (χ4n) is 1.47. The molecule has 1 aromatic carbocycles. The van der Waals surface area contributed by atoms with Gasteiger partial charge in [-0.15, -0.1) is 11.3 Å². The normalized spacial score (nSPS) is 11.5. The molecule has 0 atom stereocenters. The number of oxime groups is 1. The molecule has 0 aliphatic carbocycles. The van der Waals surface area contributed by atoms with Gasteiger partial charge in [0.2, 0.25) is 0 Å². The molecule has 0 aliphatic heterocycles. The minimum absolute atomic E-state index is 0.533. The average molecular weight is 312 g/mol. The van der Waals surface area contributed by atoms with Crippen LogP contribution >= 0.6 is 27.3 Å². The standard InChI is InChI=1S/C12H10BrNO2S/c1-16-9-4-2-3-8(7-9)11(14-15)12-10(13)5-6-17-12/h2-7,15H,1H3/b14-11-. The maximum absolute atomic E-state index is 9.17. The summed E-state index contributed by atoms with van der Waals surface area (Å²) in [6.07, 6.45) is 0. The molecule has 88 valence electrons. The van der Waals surface area contributed by atoms with Crippen LogP contribution in [0.1, 0.15) is 10.4 Å². The van der Waals surface area contributed by atoms with E-state index in [1.807, 2.05) is 35.7 Å². The fraction of sp³-hybridized carbons (Fsp3) is 0.0833. The first kappa shape index (κ1) is 12.1. The molecule has 2 aromatic rings. The molecular weight excluding hydrogens is 302 g/mol. The number of ether oxygens (including phenoxy) is 1. The minimum Gasteiger partial charge on any atom is -0.497 e. The number of methoxy groups -OCH3 is 1. The van der Waals surface area contributed by atoms with E-state index < -0.39 is 0 Å². The van der Waals surface area contributed by atoms with E-state index >= 15 is 0 Å². The Morgan fingerprint density at radius 2 is 2.24 bits per heavy atom. The summed E-state index contributed by atoms with van der Waals surface area (Å²) in [6.45, 7) is 0. The fourth-order valence-corrected chi connectivity index (χ4v) is 3.03. The Bertz CT molecular complexity index is 551. The lowest BCUT2D eigenvalue weighted by Gasteiger charge is -2.05. The molecule has 1 N–H and O–H groups in total. The van der Waals surface area contributed by atoms with Crippen molar-refractivity contribution in [2.75, 3.05) is 7.11 Å². The van der Waals surface area contributed by atoms with E-state index in [9.17, 15) is 5.21 Å². The van der Waals surface area contributed by atoms with Crippen molar-refractivity contribution in [2.45, 2.75) is 0 Å². The predicted molar refractivity (Wildman–Crippen MR) is 72.4 cm³/mol. The first-order valence-corrected chi connectivity index (χ1v) is 6.53. The van der Waals surface area contributed by atoms with Gasteiger partial charge in [-0.2, -0.15) is 0 Å². The van der Waals surface area contributed by atoms with Gasteiger partial charge in [-0.3, -0.25) is 0 Å². The van der Waals surface area contributed by atoms with Gasteiger partial charge in [0.15, 0.2) is 0 Å². The number of hydrogen-bond donors (Lipinski definition) is 1. The van der Waals surface area contributed by atoms with Gasteiger partial charge >= 0.3 is 0 Å². The molecule has 0 amide bonds. The van der Waals surface area contributed by atoms with Gasteiger partial charge in [0, 0.05) is 10.0 Å². The van der Waals surface area contributed by atoms with Crippen LogP contribution in [0.3, 0.4) is 0 Å². The van der Waals surface area contributed by atoms with Crippen molar-refractivity contribution in [3.05, 3.63) is 50.6 Å². The van der Waals surface area contributed by atoms with E-state index in [1.165, 1.54) is 11.3 Å². The lowest BCUT2D eigenvalue weighted by atomic mass is 10.1. The van der Waals surface area contributed by atoms with E-state index in [0.29, 0.717) is 5.71 Å². The molecule has 5 heteroatoms. The van der Waals surface area contributed by atoms with Crippen LogP contribution in [0.15, 0.2) is 45.3 Å². The third-order valence-electron chi connectivity index (χ3n) is 2.28. The Balaban J connectivity index is 2.47. The quantitative estimate of drug-likeness (QED) is 0.533. The SMILES string of the molecule is COc1cccc(/C(=N/O)c2sccc2Br)c1. The molecule has 0 saturated carbocycles. The highest BCUT2D eigenvalue weighted by Gasteiger charge is 2.13. The van der Waals surface area contributed by atoms with E-state index in [1.54, 1.807) is 7.11 Å². The Labute approximate surface area is 111 Å². The summed E-state index contributed by atoms with van der Waals surface area (Å²) in [5.74, 6) is 0.733. The summed E-state index contributed by atoms with van der Waals surface area (Å²) in [4.78, 5) is 0.890. The van der Waals surface area contributed by atoms with E-state index in [-0.39, 0.29) is 0 Å². The highest BCUT2D eigenvalue weighted by molar-refractivity contribution is 9.10. The molecular formula is C12H10BrNO2S. The van der Waals surface area contributed by atoms with Crippen LogP contribution in [0, 0.1) is 0 Å². The third kappa shape index (κ3) is 2.50. The van der Waals surface area contributed by atoms with Gasteiger partial charge < -0.3 is 9.94 Å². The van der Waals surface area contributed by atoms with Crippen molar-refractivity contribution >= 4 is 33.0 Å². The lowest BCUT2D eigenvalue weighted by molar-refractivity contribution is 0.319. The Kier molecular flexibility index (Phi) is 3.81. The largest absolute Gasteiger partial charge is 0.497 e. The maximum Gasteiger partial charge on any atom is 0.128 e. The molecule has 3 nitrogen and oxygen atoms in total. The maximum atomic E-state index is 9.17. The highest BCUT2D eigenvalue weighted by atomic mass is 79.9. The average Bonchev–Trinajstić information content (AvgIpc) is 2.77. The van der Waals surface area contributed by atoms with Crippen molar-refractivity contribution in [3.8, 4) is 5.75 Å². The smallest absolute Gasteiger partial charge is 0.128 e. The second-order valence-corrected chi connectivity index (χ2v) is 5.05. The molecule has 2 rings (SSSR count). The van der Waals surface area contributed by atoms with Gasteiger partial charge in [-0.05, 0) is 39.5 Å². The number of nitrogens with zero attached hydrogens (tertiary/aromatic N) is 1. The summed E-state index contributed by atoms with van der Waals surface area (Å²) in [5, 5.41) is 14.5. The third-order valence-corrected chi connectivity index (χ3v) is 4.12. The zero-order valence-corrected chi connectivity index (χ0v) is 11.5. The van der Waals surface area contributed by atoms with Gasteiger partial charge in [-0.1, -0.05) is 17.3 Å². The second-order valence-electron chi connectivity index (χ2n) is 3.28. The van der Waals surface area contributed by atoms with Crippen LogP contribution in [0.25, 0.3) is 0 Å². The molecule has 0 unspecified atom stereocenters. The minimum atomic E-state index is 0.533. The van der Waals surface area contributed by atoms with Crippen LogP contribution in [-0.4, -0.2) is 18.0 Å². The summed E-state index contributed by atoms with van der Waals surface area (Å²) in [6, 6.07) is 9.35. The Morgan fingerprint density at radius 3 is 2.82 bits per heavy atom. The van der Waals surface area contributed by atoms with Crippen LogP contribution in [-0.2, 0) is 0 Å². The van der Waals surface area contributed by atoms with Crippen LogP contribution < -0.4 is 4.74 Å². The van der Waals surface area contributed by atoms with E-state index in [0.717, 1.165) is 20.7 Å². The Hall–Kier alpha value is -1.33. The zero-order chi connectivity index (χ0) is 12.3. The summed E-state index contributed by atoms with van der Waals surface area (Å²) >= 11 is 4.94. The molecule has 0 saturated heterocycles. The van der Waals surface area contributed by atoms with Crippen molar-refractivity contribution in [1.29, 1.82) is 0 Å². The van der Waals surface area contributed by atoms with Crippen LogP contribution in [0.2, 0.25) is 0 Å². The van der Waals surface area contributed by atoms with Gasteiger partial charge in [0.25, 0.3) is 0 Å². The topological polar surface area (TPSA) is 41.8 Å². The molecule has 0 fully saturated rings. The lowest BCUT2D eigenvalue weighted by Crippen LogP contribution is -2.02. The number of rotatable bonds is 3. The highest BCUT2D eigenvalue weighted by Crippen LogP contribution is 2.27. The molecule has 1 heterocycles. The predicted octanol–water partition coefficient (Wildman–Crippen LogP) is 3.75. The number of benzene rings is 1. The molecule has 0 aliphatic rings. The van der Waals surface area contributed by atoms with Crippen molar-refractivity contribution < 1.29 is 9.94 Å². The molecule has 17 heavy (non-hydrogen) atoms. The zero-order valence-electron chi connectivity index (χ0n) is 9.05. The molecule has 0 spiro atoms. The van der Waals surface area contributed by atoms with Crippen molar-refractivity contribution in [2.24, 2.45) is 5.16 Å². The second kappa shape index (κ2) is 5.33. The monoisotopic (exact) mass is 311 g/mol. The molecule has 1 aromatic heterocycles. The first-order chi connectivity index (χ1) is 8.26. The summed E-state index contributed by atoms with van der Waals surface area (Å²) in [7, 11) is 1.61. The van der Waals surface area contributed by atoms with Gasteiger partial charge in [-0.25, -0.2) is 0 Å². The van der Waals surface area contributed by atoms with Crippen molar-refractivity contribution in [1.82, 2.24) is 0 Å². The summed E-state index contributed by atoms with van der Waals surface area (Å²) in [5.41, 5.74) is 1.35. The number of halogens is 1.